The minimum Gasteiger partial charge on any atom is -0.356 e. The van der Waals surface area contributed by atoms with Gasteiger partial charge in [0.1, 0.15) is 11.5 Å². The summed E-state index contributed by atoms with van der Waals surface area (Å²) in [5, 5.41) is 10.6. The molecule has 0 aliphatic carbocycles. The van der Waals surface area contributed by atoms with E-state index in [0.717, 1.165) is 36.8 Å². The molecule has 0 atom stereocenters. The predicted octanol–water partition coefficient (Wildman–Crippen LogP) is 2.59. The number of hydrogen-bond acceptors (Lipinski definition) is 6. The zero-order valence-electron chi connectivity index (χ0n) is 17.7. The molecule has 31 heavy (non-hydrogen) atoms. The highest BCUT2D eigenvalue weighted by atomic mass is 16.5. The molecule has 2 N–H and O–H groups in total. The molecular weight excluding hydrogens is 392 g/mol. The van der Waals surface area contributed by atoms with Crippen molar-refractivity contribution >= 4 is 17.0 Å². The van der Waals surface area contributed by atoms with Crippen molar-refractivity contribution in [2.24, 2.45) is 4.99 Å². The number of guanidine groups is 1. The maximum absolute atomic E-state index is 5.28. The van der Waals surface area contributed by atoms with E-state index in [9.17, 15) is 0 Å². The van der Waals surface area contributed by atoms with E-state index >= 15 is 0 Å². The molecule has 0 aliphatic rings. The second-order valence-corrected chi connectivity index (χ2v) is 7.06. The van der Waals surface area contributed by atoms with Crippen LogP contribution in [0.25, 0.3) is 22.6 Å². The van der Waals surface area contributed by atoms with Crippen LogP contribution in [-0.2, 0) is 13.0 Å². The number of nitrogens with one attached hydrogen (secondary N) is 2. The molecule has 0 fully saturated rings. The van der Waals surface area contributed by atoms with Crippen molar-refractivity contribution in [3.05, 3.63) is 60.3 Å². The highest BCUT2D eigenvalue weighted by molar-refractivity contribution is 5.79. The molecule has 3 heterocycles. The number of nitrogens with zero attached hydrogens (tertiary/aromatic N) is 6. The number of aromatic nitrogens is 5. The number of benzene rings is 1. The minimum absolute atomic E-state index is 0.431. The third kappa shape index (κ3) is 5.06. The van der Waals surface area contributed by atoms with E-state index in [1.54, 1.807) is 13.2 Å². The molecule has 0 radical (unpaired) electrons. The summed E-state index contributed by atoms with van der Waals surface area (Å²) in [6.07, 6.45) is 3.28. The first-order chi connectivity index (χ1) is 15.2. The van der Waals surface area contributed by atoms with Gasteiger partial charge in [0.15, 0.2) is 11.8 Å². The number of hydrogen-bond donors (Lipinski definition) is 2. The Labute approximate surface area is 180 Å². The second-order valence-electron chi connectivity index (χ2n) is 7.06. The maximum atomic E-state index is 5.28. The van der Waals surface area contributed by atoms with Crippen LogP contribution >= 0.6 is 0 Å². The lowest BCUT2D eigenvalue weighted by atomic mass is 10.3. The van der Waals surface area contributed by atoms with Crippen LogP contribution in [0.2, 0.25) is 0 Å². The first kappa shape index (κ1) is 20.5. The van der Waals surface area contributed by atoms with Crippen LogP contribution in [0.4, 0.5) is 0 Å². The fourth-order valence-corrected chi connectivity index (χ4v) is 3.38. The molecule has 0 amide bonds. The van der Waals surface area contributed by atoms with Crippen molar-refractivity contribution in [1.29, 1.82) is 0 Å². The first-order valence-corrected chi connectivity index (χ1v) is 10.3. The van der Waals surface area contributed by atoms with Crippen molar-refractivity contribution in [2.45, 2.75) is 26.3 Å². The number of rotatable bonds is 8. The lowest BCUT2D eigenvalue weighted by Crippen LogP contribution is -2.39. The van der Waals surface area contributed by atoms with Crippen molar-refractivity contribution in [2.75, 3.05) is 20.1 Å². The topological polar surface area (TPSA) is 106 Å². The fraction of sp³-hybridized carbons (Fsp3) is 0.318. The summed E-state index contributed by atoms with van der Waals surface area (Å²) in [5.74, 6) is 2.85. The average molecular weight is 419 g/mol. The van der Waals surface area contributed by atoms with Crippen LogP contribution in [0.3, 0.4) is 0 Å². The summed E-state index contributed by atoms with van der Waals surface area (Å²) in [4.78, 5) is 17.5. The van der Waals surface area contributed by atoms with Gasteiger partial charge in [0.05, 0.1) is 11.0 Å². The van der Waals surface area contributed by atoms with Gasteiger partial charge in [0.25, 0.3) is 5.89 Å². The summed E-state index contributed by atoms with van der Waals surface area (Å²) < 4.78 is 7.54. The molecule has 4 rings (SSSR count). The summed E-state index contributed by atoms with van der Waals surface area (Å²) in [6, 6.07) is 13.8. The largest absolute Gasteiger partial charge is 0.356 e. The first-order valence-electron chi connectivity index (χ1n) is 10.3. The van der Waals surface area contributed by atoms with E-state index in [1.807, 2.05) is 43.3 Å². The van der Waals surface area contributed by atoms with Gasteiger partial charge in [-0.25, -0.2) is 4.98 Å². The molecule has 0 bridgehead atoms. The molecule has 3 aromatic heterocycles. The van der Waals surface area contributed by atoms with Gasteiger partial charge >= 0.3 is 0 Å². The molecule has 1 aromatic carbocycles. The third-order valence-electron chi connectivity index (χ3n) is 4.91. The lowest BCUT2D eigenvalue weighted by molar-refractivity contribution is 0.421. The Balaban J connectivity index is 1.21. The van der Waals surface area contributed by atoms with Crippen molar-refractivity contribution in [1.82, 2.24) is 35.3 Å². The highest BCUT2D eigenvalue weighted by Crippen LogP contribution is 2.15. The zero-order valence-corrected chi connectivity index (χ0v) is 17.7. The molecule has 0 saturated heterocycles. The fourth-order valence-electron chi connectivity index (χ4n) is 3.38. The van der Waals surface area contributed by atoms with Gasteiger partial charge in [-0.2, -0.15) is 4.98 Å². The SMILES string of the molecule is CN=C(NCCCn1c(C)nc2ccccc21)NCCc1noc(-c2ccccn2)n1. The van der Waals surface area contributed by atoms with E-state index < -0.39 is 0 Å². The Kier molecular flexibility index (Phi) is 6.51. The maximum Gasteiger partial charge on any atom is 0.276 e. The molecule has 160 valence electrons. The van der Waals surface area contributed by atoms with E-state index in [0.29, 0.717) is 30.4 Å². The molecule has 4 aromatic rings. The van der Waals surface area contributed by atoms with Crippen LogP contribution < -0.4 is 10.6 Å². The Morgan fingerprint density at radius 3 is 2.74 bits per heavy atom. The number of fused-ring (bicyclic) bond motifs is 1. The quantitative estimate of drug-likeness (QED) is 0.257. The Morgan fingerprint density at radius 2 is 1.90 bits per heavy atom. The zero-order chi connectivity index (χ0) is 21.5. The number of para-hydroxylation sites is 2. The molecule has 9 heteroatoms. The molecule has 0 unspecified atom stereocenters. The summed E-state index contributed by atoms with van der Waals surface area (Å²) in [6.45, 7) is 4.39. The number of pyridine rings is 1. The van der Waals surface area contributed by atoms with Gasteiger partial charge in [0, 0.05) is 39.3 Å². The van der Waals surface area contributed by atoms with E-state index in [2.05, 4.69) is 46.4 Å². The average Bonchev–Trinajstić information content (AvgIpc) is 3.40. The Morgan fingerprint density at radius 1 is 1.06 bits per heavy atom. The highest BCUT2D eigenvalue weighted by Gasteiger charge is 2.10. The van der Waals surface area contributed by atoms with Gasteiger partial charge in [-0.3, -0.25) is 9.98 Å². The van der Waals surface area contributed by atoms with Crippen LogP contribution in [0, 0.1) is 6.92 Å². The normalized spacial score (nSPS) is 11.7. The van der Waals surface area contributed by atoms with E-state index in [1.165, 1.54) is 5.52 Å². The standard InChI is InChI=1S/C22H26N8O/c1-16-27-17-8-3-4-10-19(17)30(16)15-7-13-25-22(23-2)26-14-11-20-28-21(31-29-20)18-9-5-6-12-24-18/h3-6,8-10,12H,7,11,13-15H2,1-2H3,(H2,23,25,26). The number of aryl methyl sites for hydroxylation is 2. The smallest absolute Gasteiger partial charge is 0.276 e. The van der Waals surface area contributed by atoms with Crippen LogP contribution in [0.15, 0.2) is 58.2 Å². The monoisotopic (exact) mass is 418 g/mol. The molecular formula is C22H26N8O. The molecule has 9 nitrogen and oxygen atoms in total. The van der Waals surface area contributed by atoms with Gasteiger partial charge in [-0.1, -0.05) is 23.4 Å². The number of aliphatic imine (C=N–C) groups is 1. The molecule has 0 saturated carbocycles. The Bertz CT molecular complexity index is 1150. The lowest BCUT2D eigenvalue weighted by Gasteiger charge is -2.12. The van der Waals surface area contributed by atoms with Gasteiger partial charge in [-0.15, -0.1) is 0 Å². The Hall–Kier alpha value is -3.75. The summed E-state index contributed by atoms with van der Waals surface area (Å²) in [7, 11) is 1.76. The van der Waals surface area contributed by atoms with E-state index in [-0.39, 0.29) is 0 Å². The van der Waals surface area contributed by atoms with Gasteiger partial charge < -0.3 is 19.7 Å². The predicted molar refractivity (Wildman–Crippen MR) is 120 cm³/mol. The third-order valence-corrected chi connectivity index (χ3v) is 4.91. The van der Waals surface area contributed by atoms with Gasteiger partial charge in [-0.05, 0) is 37.6 Å². The van der Waals surface area contributed by atoms with Crippen molar-refractivity contribution in [3.63, 3.8) is 0 Å². The summed E-state index contributed by atoms with van der Waals surface area (Å²) >= 11 is 0. The van der Waals surface area contributed by atoms with Crippen molar-refractivity contribution < 1.29 is 4.52 Å². The van der Waals surface area contributed by atoms with Crippen molar-refractivity contribution in [3.8, 4) is 11.6 Å². The van der Waals surface area contributed by atoms with Crippen LogP contribution in [0.5, 0.6) is 0 Å². The van der Waals surface area contributed by atoms with E-state index in [4.69, 9.17) is 4.52 Å². The van der Waals surface area contributed by atoms with Crippen LogP contribution in [0.1, 0.15) is 18.1 Å². The van der Waals surface area contributed by atoms with Crippen LogP contribution in [-0.4, -0.2) is 50.8 Å². The molecule has 0 aliphatic heterocycles. The molecule has 0 spiro atoms. The second kappa shape index (κ2) is 9.84. The number of imidazole rings is 1. The van der Waals surface area contributed by atoms with Gasteiger partial charge in [0.2, 0.25) is 0 Å². The minimum atomic E-state index is 0.431. The summed E-state index contributed by atoms with van der Waals surface area (Å²) in [5.41, 5.74) is 2.89.